The molecule has 0 amide bonds. The summed E-state index contributed by atoms with van der Waals surface area (Å²) in [5.41, 5.74) is -1.06. The van der Waals surface area contributed by atoms with Gasteiger partial charge >= 0.3 is 5.97 Å². The third-order valence-corrected chi connectivity index (χ3v) is 2.86. The summed E-state index contributed by atoms with van der Waals surface area (Å²) in [6, 6.07) is 9.13. The van der Waals surface area contributed by atoms with Crippen molar-refractivity contribution in [3.8, 4) is 5.75 Å². The molecule has 0 saturated carbocycles. The second-order valence-corrected chi connectivity index (χ2v) is 3.96. The molecule has 1 saturated heterocycles. The van der Waals surface area contributed by atoms with Crippen LogP contribution in [-0.2, 0) is 4.79 Å². The van der Waals surface area contributed by atoms with Crippen molar-refractivity contribution in [2.45, 2.75) is 18.4 Å². The van der Waals surface area contributed by atoms with Gasteiger partial charge in [-0.3, -0.25) is 0 Å². The molecule has 1 aromatic rings. The van der Waals surface area contributed by atoms with Crippen LogP contribution >= 0.6 is 0 Å². The van der Waals surface area contributed by atoms with Crippen molar-refractivity contribution < 1.29 is 14.6 Å². The summed E-state index contributed by atoms with van der Waals surface area (Å²) >= 11 is 0. The summed E-state index contributed by atoms with van der Waals surface area (Å²) in [5.74, 6) is -0.260. The van der Waals surface area contributed by atoms with E-state index in [0.717, 1.165) is 0 Å². The average molecular weight is 221 g/mol. The van der Waals surface area contributed by atoms with E-state index in [2.05, 4.69) is 5.32 Å². The van der Waals surface area contributed by atoms with Gasteiger partial charge in [-0.1, -0.05) is 18.2 Å². The molecule has 1 aromatic carbocycles. The van der Waals surface area contributed by atoms with Crippen molar-refractivity contribution in [1.82, 2.24) is 5.32 Å². The second kappa shape index (κ2) is 4.53. The van der Waals surface area contributed by atoms with Crippen LogP contribution in [0.5, 0.6) is 5.75 Å². The van der Waals surface area contributed by atoms with Crippen molar-refractivity contribution in [1.29, 1.82) is 0 Å². The van der Waals surface area contributed by atoms with E-state index in [-0.39, 0.29) is 0 Å². The molecule has 0 bridgehead atoms. The zero-order valence-corrected chi connectivity index (χ0v) is 8.98. The normalized spacial score (nSPS) is 19.0. The Balaban J connectivity index is 2.17. The molecule has 16 heavy (non-hydrogen) atoms. The number of nitrogens with one attached hydrogen (secondary N) is 1. The topological polar surface area (TPSA) is 58.6 Å². The first-order valence-electron chi connectivity index (χ1n) is 5.41. The Morgan fingerprint density at radius 2 is 1.88 bits per heavy atom. The van der Waals surface area contributed by atoms with Crippen molar-refractivity contribution in [2.75, 3.05) is 13.1 Å². The summed E-state index contributed by atoms with van der Waals surface area (Å²) in [4.78, 5) is 11.3. The molecular formula is C12H15NO3. The van der Waals surface area contributed by atoms with Crippen molar-refractivity contribution >= 4 is 5.97 Å². The quantitative estimate of drug-likeness (QED) is 0.807. The molecule has 1 aliphatic heterocycles. The van der Waals surface area contributed by atoms with E-state index >= 15 is 0 Å². The fraction of sp³-hybridized carbons (Fsp3) is 0.417. The number of hydrogen-bond donors (Lipinski definition) is 2. The van der Waals surface area contributed by atoms with Gasteiger partial charge in [0.15, 0.2) is 0 Å². The van der Waals surface area contributed by atoms with Gasteiger partial charge in [0.05, 0.1) is 0 Å². The summed E-state index contributed by atoms with van der Waals surface area (Å²) in [5, 5.41) is 12.4. The van der Waals surface area contributed by atoms with E-state index in [1.165, 1.54) is 0 Å². The van der Waals surface area contributed by atoms with Gasteiger partial charge in [0.1, 0.15) is 5.75 Å². The monoisotopic (exact) mass is 221 g/mol. The maximum Gasteiger partial charge on any atom is 0.348 e. The van der Waals surface area contributed by atoms with E-state index in [4.69, 9.17) is 4.74 Å². The van der Waals surface area contributed by atoms with Crippen LogP contribution in [0, 0.1) is 0 Å². The number of hydrogen-bond acceptors (Lipinski definition) is 3. The Labute approximate surface area is 94.2 Å². The van der Waals surface area contributed by atoms with Gasteiger partial charge in [-0.05, 0) is 25.2 Å². The third-order valence-electron chi connectivity index (χ3n) is 2.86. The summed E-state index contributed by atoms with van der Waals surface area (Å²) in [7, 11) is 0. The Bertz CT molecular complexity index is 358. The molecule has 0 spiro atoms. The summed E-state index contributed by atoms with van der Waals surface area (Å²) in [6.07, 6.45) is 0.994. The zero-order chi connectivity index (χ0) is 11.4. The molecule has 2 N–H and O–H groups in total. The fourth-order valence-corrected chi connectivity index (χ4v) is 1.90. The van der Waals surface area contributed by atoms with Crippen molar-refractivity contribution in [3.05, 3.63) is 30.3 Å². The van der Waals surface area contributed by atoms with E-state index in [9.17, 15) is 9.90 Å². The standard InChI is InChI=1S/C12H15NO3/c14-11(15)12(6-8-13-9-7-12)16-10-4-2-1-3-5-10/h1-5,13H,6-9H2,(H,14,15). The number of aliphatic carboxylic acids is 1. The number of benzene rings is 1. The third kappa shape index (κ3) is 2.17. The largest absolute Gasteiger partial charge is 0.478 e. The number of carboxylic acid groups (broad SMARTS) is 1. The molecule has 86 valence electrons. The number of para-hydroxylation sites is 1. The van der Waals surface area contributed by atoms with Crippen LogP contribution in [0.3, 0.4) is 0 Å². The molecule has 1 aliphatic rings. The minimum absolute atomic E-state index is 0.497. The lowest BCUT2D eigenvalue weighted by molar-refractivity contribution is -0.157. The predicted octanol–water partition coefficient (Wildman–Crippen LogP) is 1.27. The maximum absolute atomic E-state index is 11.3. The Morgan fingerprint density at radius 1 is 1.25 bits per heavy atom. The molecule has 0 radical (unpaired) electrons. The number of rotatable bonds is 3. The minimum Gasteiger partial charge on any atom is -0.478 e. The summed E-state index contributed by atoms with van der Waals surface area (Å²) < 4.78 is 5.66. The second-order valence-electron chi connectivity index (χ2n) is 3.96. The molecule has 0 atom stereocenters. The first-order valence-corrected chi connectivity index (χ1v) is 5.41. The lowest BCUT2D eigenvalue weighted by atomic mass is 9.92. The fourth-order valence-electron chi connectivity index (χ4n) is 1.90. The van der Waals surface area contributed by atoms with Gasteiger partial charge in [-0.15, -0.1) is 0 Å². The van der Waals surface area contributed by atoms with Crippen LogP contribution in [0.1, 0.15) is 12.8 Å². The zero-order valence-electron chi connectivity index (χ0n) is 8.98. The van der Waals surface area contributed by atoms with Crippen molar-refractivity contribution in [2.24, 2.45) is 0 Å². The molecular weight excluding hydrogens is 206 g/mol. The van der Waals surface area contributed by atoms with E-state index in [1.807, 2.05) is 18.2 Å². The lowest BCUT2D eigenvalue weighted by Gasteiger charge is -2.34. The van der Waals surface area contributed by atoms with E-state index < -0.39 is 11.6 Å². The highest BCUT2D eigenvalue weighted by atomic mass is 16.5. The highest BCUT2D eigenvalue weighted by Gasteiger charge is 2.42. The minimum atomic E-state index is -1.06. The van der Waals surface area contributed by atoms with E-state index in [1.54, 1.807) is 12.1 Å². The lowest BCUT2D eigenvalue weighted by Crippen LogP contribution is -2.52. The molecule has 0 aromatic heterocycles. The summed E-state index contributed by atoms with van der Waals surface area (Å²) in [6.45, 7) is 1.36. The molecule has 2 rings (SSSR count). The predicted molar refractivity (Wildman–Crippen MR) is 59.5 cm³/mol. The SMILES string of the molecule is O=C(O)C1(Oc2ccccc2)CCNCC1. The smallest absolute Gasteiger partial charge is 0.348 e. The average Bonchev–Trinajstić information content (AvgIpc) is 2.31. The van der Waals surface area contributed by atoms with Gasteiger partial charge in [0.25, 0.3) is 0 Å². The highest BCUT2D eigenvalue weighted by molar-refractivity contribution is 5.78. The number of ether oxygens (including phenoxy) is 1. The van der Waals surface area contributed by atoms with Gasteiger partial charge in [0.2, 0.25) is 5.60 Å². The van der Waals surface area contributed by atoms with Crippen LogP contribution in [0.25, 0.3) is 0 Å². The van der Waals surface area contributed by atoms with Crippen LogP contribution in [0.15, 0.2) is 30.3 Å². The Kier molecular flexibility index (Phi) is 3.10. The molecule has 1 heterocycles. The van der Waals surface area contributed by atoms with Gasteiger partial charge < -0.3 is 15.2 Å². The molecule has 0 aliphatic carbocycles. The van der Waals surface area contributed by atoms with Gasteiger partial charge in [0, 0.05) is 12.8 Å². The molecule has 4 heteroatoms. The number of carboxylic acids is 1. The maximum atomic E-state index is 11.3. The van der Waals surface area contributed by atoms with Gasteiger partial charge in [-0.2, -0.15) is 0 Å². The Hall–Kier alpha value is -1.55. The highest BCUT2D eigenvalue weighted by Crippen LogP contribution is 2.26. The van der Waals surface area contributed by atoms with Crippen LogP contribution in [-0.4, -0.2) is 29.8 Å². The van der Waals surface area contributed by atoms with Crippen molar-refractivity contribution in [3.63, 3.8) is 0 Å². The first-order chi connectivity index (χ1) is 7.73. The van der Waals surface area contributed by atoms with Crippen LogP contribution in [0.2, 0.25) is 0 Å². The van der Waals surface area contributed by atoms with Gasteiger partial charge in [-0.25, -0.2) is 4.79 Å². The molecule has 4 nitrogen and oxygen atoms in total. The number of piperidine rings is 1. The first kappa shape index (κ1) is 11.0. The van der Waals surface area contributed by atoms with Crippen LogP contribution in [0.4, 0.5) is 0 Å². The Morgan fingerprint density at radius 3 is 2.44 bits per heavy atom. The van der Waals surface area contributed by atoms with Crippen LogP contribution < -0.4 is 10.1 Å². The molecule has 0 unspecified atom stereocenters. The van der Waals surface area contributed by atoms with E-state index in [0.29, 0.717) is 31.7 Å². The molecule has 1 fully saturated rings. The number of carbonyl (C=O) groups is 1.